The predicted molar refractivity (Wildman–Crippen MR) is 85.5 cm³/mol. The van der Waals surface area contributed by atoms with Gasteiger partial charge in [0.15, 0.2) is 12.4 Å². The molecular weight excluding hydrogens is 408 g/mol. The van der Waals surface area contributed by atoms with Crippen LogP contribution in [0.25, 0.3) is 0 Å². The number of benzene rings is 1. The summed E-state index contributed by atoms with van der Waals surface area (Å²) >= 11 is 7.86. The van der Waals surface area contributed by atoms with Gasteiger partial charge in [0, 0.05) is 10.0 Å². The fourth-order valence-electron chi connectivity index (χ4n) is 1.47. The van der Waals surface area contributed by atoms with Gasteiger partial charge in [-0.15, -0.1) is 11.3 Å². The van der Waals surface area contributed by atoms with Crippen molar-refractivity contribution in [2.45, 2.75) is 6.92 Å². The summed E-state index contributed by atoms with van der Waals surface area (Å²) in [7, 11) is 0. The quantitative estimate of drug-likeness (QED) is 0.538. The Morgan fingerprint density at radius 2 is 1.85 bits per heavy atom. The van der Waals surface area contributed by atoms with Crippen molar-refractivity contribution in [1.29, 1.82) is 0 Å². The molecule has 0 aliphatic carbocycles. The maximum Gasteiger partial charge on any atom is 0.348 e. The zero-order valence-electron chi connectivity index (χ0n) is 10.5. The summed E-state index contributed by atoms with van der Waals surface area (Å²) in [4.78, 5) is 24.1. The summed E-state index contributed by atoms with van der Waals surface area (Å²) in [5.41, 5.74) is 1.61. The number of Topliss-reactive ketones (excluding diaryl/α,β-unsaturated/α-hetero) is 1. The van der Waals surface area contributed by atoms with Crippen molar-refractivity contribution < 1.29 is 14.3 Å². The monoisotopic (exact) mass is 416 g/mol. The van der Waals surface area contributed by atoms with Gasteiger partial charge in [-0.1, -0.05) is 29.8 Å². The number of hydrogen-bond donors (Lipinski definition) is 0. The Balaban J connectivity index is 1.96. The molecule has 2 aromatic rings. The first-order valence-corrected chi connectivity index (χ1v) is 8.09. The topological polar surface area (TPSA) is 43.4 Å². The van der Waals surface area contributed by atoms with Crippen LogP contribution in [0.2, 0.25) is 0 Å². The van der Waals surface area contributed by atoms with E-state index in [9.17, 15) is 9.59 Å². The lowest BCUT2D eigenvalue weighted by Crippen LogP contribution is -2.13. The molecule has 1 heterocycles. The average molecular weight is 418 g/mol. The smallest absolute Gasteiger partial charge is 0.348 e. The van der Waals surface area contributed by atoms with E-state index in [4.69, 9.17) is 4.74 Å². The molecule has 0 N–H and O–H groups in total. The zero-order chi connectivity index (χ0) is 14.7. The molecule has 2 rings (SSSR count). The second-order valence-corrected chi connectivity index (χ2v) is 7.32. The molecule has 0 radical (unpaired) electrons. The maximum atomic E-state index is 11.9. The Bertz CT molecular complexity index is 627. The predicted octanol–water partition coefficient (Wildman–Crippen LogP) is 4.62. The Labute approximate surface area is 137 Å². The van der Waals surface area contributed by atoms with Crippen LogP contribution in [-0.2, 0) is 4.74 Å². The summed E-state index contributed by atoms with van der Waals surface area (Å²) in [5.74, 6) is -0.713. The van der Waals surface area contributed by atoms with Crippen LogP contribution >= 0.6 is 43.2 Å². The lowest BCUT2D eigenvalue weighted by atomic mass is 10.1. The zero-order valence-corrected chi connectivity index (χ0v) is 14.5. The summed E-state index contributed by atoms with van der Waals surface area (Å²) < 4.78 is 6.63. The Kier molecular flexibility index (Phi) is 5.12. The van der Waals surface area contributed by atoms with Crippen molar-refractivity contribution in [2.75, 3.05) is 6.61 Å². The van der Waals surface area contributed by atoms with E-state index < -0.39 is 5.97 Å². The molecule has 1 aromatic carbocycles. The number of carbonyl (C=O) groups excluding carboxylic acids is 2. The van der Waals surface area contributed by atoms with Gasteiger partial charge < -0.3 is 4.74 Å². The molecule has 0 bridgehead atoms. The van der Waals surface area contributed by atoms with E-state index in [-0.39, 0.29) is 12.4 Å². The molecule has 0 saturated carbocycles. The number of carbonyl (C=O) groups is 2. The first-order valence-electron chi connectivity index (χ1n) is 5.69. The fraction of sp³-hybridized carbons (Fsp3) is 0.143. The lowest BCUT2D eigenvalue weighted by Gasteiger charge is -2.03. The normalized spacial score (nSPS) is 10.3. The van der Waals surface area contributed by atoms with Gasteiger partial charge in [0.1, 0.15) is 4.88 Å². The molecule has 20 heavy (non-hydrogen) atoms. The molecule has 1 aromatic heterocycles. The van der Waals surface area contributed by atoms with Gasteiger partial charge in [-0.3, -0.25) is 4.79 Å². The summed E-state index contributed by atoms with van der Waals surface area (Å²) in [5, 5.41) is 0. The molecule has 3 nitrogen and oxygen atoms in total. The maximum absolute atomic E-state index is 11.9. The van der Waals surface area contributed by atoms with Crippen LogP contribution in [0.15, 0.2) is 38.6 Å². The minimum Gasteiger partial charge on any atom is -0.453 e. The molecule has 0 atom stereocenters. The Hall–Kier alpha value is -0.980. The third-order valence-corrected chi connectivity index (χ3v) is 5.79. The van der Waals surface area contributed by atoms with E-state index >= 15 is 0 Å². The third-order valence-electron chi connectivity index (χ3n) is 2.55. The van der Waals surface area contributed by atoms with E-state index in [0.29, 0.717) is 10.4 Å². The van der Waals surface area contributed by atoms with Crippen LogP contribution in [0.1, 0.15) is 25.6 Å². The number of aryl methyl sites for hydroxylation is 1. The molecule has 0 saturated heterocycles. The van der Waals surface area contributed by atoms with Crippen molar-refractivity contribution in [2.24, 2.45) is 0 Å². The van der Waals surface area contributed by atoms with Crippen molar-refractivity contribution in [3.05, 3.63) is 54.6 Å². The van der Waals surface area contributed by atoms with E-state index in [2.05, 4.69) is 31.9 Å². The second-order valence-electron chi connectivity index (χ2n) is 4.10. The number of hydrogen-bond acceptors (Lipinski definition) is 4. The lowest BCUT2D eigenvalue weighted by molar-refractivity contribution is 0.0479. The van der Waals surface area contributed by atoms with Crippen molar-refractivity contribution >= 4 is 54.9 Å². The van der Waals surface area contributed by atoms with E-state index in [1.54, 1.807) is 18.2 Å². The van der Waals surface area contributed by atoms with Crippen LogP contribution in [0.5, 0.6) is 0 Å². The number of ether oxygens (including phenoxy) is 1. The number of thiophene rings is 1. The molecule has 0 spiro atoms. The standard InChI is InChI=1S/C14H10Br2O3S/c1-8-2-4-9(5-3-8)11(17)7-19-14(18)12-6-10(15)13(16)20-12/h2-6H,7H2,1H3. The van der Waals surface area contributed by atoms with E-state index in [0.717, 1.165) is 13.8 Å². The van der Waals surface area contributed by atoms with Crippen molar-refractivity contribution in [1.82, 2.24) is 0 Å². The van der Waals surface area contributed by atoms with Gasteiger partial charge in [-0.2, -0.15) is 0 Å². The number of esters is 1. The number of rotatable bonds is 4. The highest BCUT2D eigenvalue weighted by Gasteiger charge is 2.15. The summed E-state index contributed by atoms with van der Waals surface area (Å²) in [6, 6.07) is 8.81. The van der Waals surface area contributed by atoms with Crippen LogP contribution in [0.3, 0.4) is 0 Å². The molecule has 0 unspecified atom stereocenters. The highest BCUT2D eigenvalue weighted by atomic mass is 79.9. The van der Waals surface area contributed by atoms with Gasteiger partial charge in [-0.05, 0) is 44.8 Å². The molecule has 0 fully saturated rings. The second kappa shape index (κ2) is 6.65. The van der Waals surface area contributed by atoms with Crippen LogP contribution in [0.4, 0.5) is 0 Å². The molecule has 0 amide bonds. The Morgan fingerprint density at radius 3 is 2.40 bits per heavy atom. The fourth-order valence-corrected chi connectivity index (χ4v) is 3.40. The van der Waals surface area contributed by atoms with Crippen molar-refractivity contribution in [3.63, 3.8) is 0 Å². The Morgan fingerprint density at radius 1 is 1.20 bits per heavy atom. The minimum absolute atomic E-state index is 0.215. The van der Waals surface area contributed by atoms with Gasteiger partial charge in [0.2, 0.25) is 0 Å². The minimum atomic E-state index is -0.498. The summed E-state index contributed by atoms with van der Waals surface area (Å²) in [6.45, 7) is 1.69. The van der Waals surface area contributed by atoms with Gasteiger partial charge in [0.25, 0.3) is 0 Å². The number of ketones is 1. The summed E-state index contributed by atoms with van der Waals surface area (Å²) in [6.07, 6.45) is 0. The number of halogens is 2. The van der Waals surface area contributed by atoms with E-state index in [1.807, 2.05) is 19.1 Å². The van der Waals surface area contributed by atoms with Crippen molar-refractivity contribution in [3.8, 4) is 0 Å². The average Bonchev–Trinajstić information content (AvgIpc) is 2.76. The first kappa shape index (κ1) is 15.4. The highest BCUT2D eigenvalue weighted by molar-refractivity contribution is 9.13. The first-order chi connectivity index (χ1) is 9.47. The SMILES string of the molecule is Cc1ccc(C(=O)COC(=O)c2cc(Br)c(Br)s2)cc1. The molecule has 0 aliphatic heterocycles. The molecule has 104 valence electrons. The molecule has 6 heteroatoms. The molecular formula is C14H10Br2O3S. The van der Waals surface area contributed by atoms with Gasteiger partial charge >= 0.3 is 5.97 Å². The van der Waals surface area contributed by atoms with Crippen LogP contribution < -0.4 is 0 Å². The molecule has 0 aliphatic rings. The highest BCUT2D eigenvalue weighted by Crippen LogP contribution is 2.32. The largest absolute Gasteiger partial charge is 0.453 e. The van der Waals surface area contributed by atoms with Gasteiger partial charge in [-0.25, -0.2) is 4.79 Å². The van der Waals surface area contributed by atoms with Gasteiger partial charge in [0.05, 0.1) is 3.79 Å². The van der Waals surface area contributed by atoms with Crippen LogP contribution in [-0.4, -0.2) is 18.4 Å². The van der Waals surface area contributed by atoms with E-state index in [1.165, 1.54) is 11.3 Å². The third kappa shape index (κ3) is 3.77. The van der Waals surface area contributed by atoms with Crippen LogP contribution in [0, 0.1) is 6.92 Å².